The van der Waals surface area contributed by atoms with E-state index in [1.54, 1.807) is 0 Å². The van der Waals surface area contributed by atoms with Gasteiger partial charge in [-0.3, -0.25) is 9.69 Å². The zero-order chi connectivity index (χ0) is 20.8. The number of amides is 1. The number of unbranched alkanes of at least 4 members (excludes halogenated alkanes) is 1. The first-order chi connectivity index (χ1) is 14.7. The quantitative estimate of drug-likeness (QED) is 0.634. The Hall–Kier alpha value is -1.88. The van der Waals surface area contributed by atoms with Gasteiger partial charge in [-0.1, -0.05) is 45.4 Å². The fourth-order valence-electron chi connectivity index (χ4n) is 5.05. The van der Waals surface area contributed by atoms with Crippen molar-refractivity contribution in [3.8, 4) is 0 Å². The number of nitrogens with one attached hydrogen (secondary N) is 1. The highest BCUT2D eigenvalue weighted by molar-refractivity contribution is 5.94. The molecule has 1 aliphatic heterocycles. The molecular formula is C25H38N4O. The number of aromatic nitrogens is 2. The molecule has 2 aliphatic rings. The van der Waals surface area contributed by atoms with E-state index in [9.17, 15) is 4.79 Å². The molecule has 0 atom stereocenters. The second kappa shape index (κ2) is 10.4. The molecule has 1 aliphatic carbocycles. The summed E-state index contributed by atoms with van der Waals surface area (Å²) in [4.78, 5) is 20.3. The van der Waals surface area contributed by atoms with E-state index in [0.29, 0.717) is 0 Å². The van der Waals surface area contributed by atoms with E-state index in [1.165, 1.54) is 82.2 Å². The third-order valence-electron chi connectivity index (χ3n) is 6.87. The lowest BCUT2D eigenvalue weighted by atomic mass is 9.88. The standard InChI is InChI=1S/C25H38N4O/c1-2-3-17-29-23-14-13-21(26-25(30)20-11-7-6-8-12-20)18-22(23)27-24(29)19-28-15-9-4-5-10-16-28/h13-14,18,20H,2-12,15-17,19H2,1H3,(H,26,30). The minimum atomic E-state index is 0.176. The third kappa shape index (κ3) is 5.23. The van der Waals surface area contributed by atoms with Crippen LogP contribution >= 0.6 is 0 Å². The summed E-state index contributed by atoms with van der Waals surface area (Å²) in [7, 11) is 0. The number of benzene rings is 1. The van der Waals surface area contributed by atoms with Gasteiger partial charge in [0.2, 0.25) is 5.91 Å². The van der Waals surface area contributed by atoms with Crippen molar-refractivity contribution in [2.45, 2.75) is 90.6 Å². The third-order valence-corrected chi connectivity index (χ3v) is 6.87. The number of likely N-dealkylation sites (tertiary alicyclic amines) is 1. The van der Waals surface area contributed by atoms with E-state index in [-0.39, 0.29) is 11.8 Å². The molecule has 1 saturated carbocycles. The first-order valence-electron chi connectivity index (χ1n) is 12.3. The van der Waals surface area contributed by atoms with Crippen LogP contribution in [-0.2, 0) is 17.9 Å². The molecule has 1 aromatic carbocycles. The lowest BCUT2D eigenvalue weighted by Crippen LogP contribution is -2.26. The molecule has 5 heteroatoms. The summed E-state index contributed by atoms with van der Waals surface area (Å²) in [5.74, 6) is 1.54. The maximum Gasteiger partial charge on any atom is 0.227 e. The Morgan fingerprint density at radius 1 is 1.07 bits per heavy atom. The van der Waals surface area contributed by atoms with Gasteiger partial charge in [-0.25, -0.2) is 4.98 Å². The predicted octanol–water partition coefficient (Wildman–Crippen LogP) is 5.73. The van der Waals surface area contributed by atoms with Crippen LogP contribution in [0, 0.1) is 5.92 Å². The largest absolute Gasteiger partial charge is 0.327 e. The molecule has 2 fully saturated rings. The topological polar surface area (TPSA) is 50.2 Å². The van der Waals surface area contributed by atoms with Crippen LogP contribution in [0.5, 0.6) is 0 Å². The van der Waals surface area contributed by atoms with Gasteiger partial charge < -0.3 is 9.88 Å². The lowest BCUT2D eigenvalue weighted by Gasteiger charge is -2.20. The molecule has 30 heavy (non-hydrogen) atoms. The number of hydrogen-bond donors (Lipinski definition) is 1. The first kappa shape index (κ1) is 21.4. The summed E-state index contributed by atoms with van der Waals surface area (Å²) in [6.45, 7) is 6.55. The number of hydrogen-bond acceptors (Lipinski definition) is 3. The Bertz CT molecular complexity index is 829. The fourth-order valence-corrected chi connectivity index (χ4v) is 5.05. The van der Waals surface area contributed by atoms with Crippen molar-refractivity contribution < 1.29 is 4.79 Å². The summed E-state index contributed by atoms with van der Waals surface area (Å²) in [5.41, 5.74) is 3.10. The van der Waals surface area contributed by atoms with Crippen LogP contribution in [0.3, 0.4) is 0 Å². The van der Waals surface area contributed by atoms with E-state index in [4.69, 9.17) is 4.98 Å². The molecule has 1 aromatic heterocycles. The van der Waals surface area contributed by atoms with Gasteiger partial charge in [0.15, 0.2) is 0 Å². The van der Waals surface area contributed by atoms with Gasteiger partial charge in [0.05, 0.1) is 17.6 Å². The summed E-state index contributed by atoms with van der Waals surface area (Å²) < 4.78 is 2.41. The Labute approximate surface area is 181 Å². The molecule has 2 heterocycles. The van der Waals surface area contributed by atoms with Crippen LogP contribution in [0.15, 0.2) is 18.2 Å². The molecule has 2 aromatic rings. The van der Waals surface area contributed by atoms with Gasteiger partial charge in [0.1, 0.15) is 5.82 Å². The SMILES string of the molecule is CCCCn1c(CN2CCCCCC2)nc2cc(NC(=O)C3CCCCC3)ccc21. The van der Waals surface area contributed by atoms with Crippen molar-refractivity contribution in [1.82, 2.24) is 14.5 Å². The van der Waals surface area contributed by atoms with Crippen LogP contribution in [0.25, 0.3) is 11.0 Å². The van der Waals surface area contributed by atoms with Crippen molar-refractivity contribution in [3.63, 3.8) is 0 Å². The Kier molecular flexibility index (Phi) is 7.42. The van der Waals surface area contributed by atoms with Crippen molar-refractivity contribution >= 4 is 22.6 Å². The minimum absolute atomic E-state index is 0.176. The van der Waals surface area contributed by atoms with Crippen LogP contribution in [-0.4, -0.2) is 33.4 Å². The smallest absolute Gasteiger partial charge is 0.227 e. The highest BCUT2D eigenvalue weighted by Gasteiger charge is 2.22. The van der Waals surface area contributed by atoms with Gasteiger partial charge in [0, 0.05) is 18.2 Å². The van der Waals surface area contributed by atoms with Crippen molar-refractivity contribution in [3.05, 3.63) is 24.0 Å². The van der Waals surface area contributed by atoms with Crippen LogP contribution in [0.4, 0.5) is 5.69 Å². The highest BCUT2D eigenvalue weighted by Crippen LogP contribution is 2.27. The second-order valence-electron chi connectivity index (χ2n) is 9.25. The Balaban J connectivity index is 1.53. The molecule has 1 saturated heterocycles. The zero-order valence-corrected chi connectivity index (χ0v) is 18.7. The summed E-state index contributed by atoms with van der Waals surface area (Å²) in [5, 5.41) is 3.17. The molecule has 5 nitrogen and oxygen atoms in total. The predicted molar refractivity (Wildman–Crippen MR) is 124 cm³/mol. The number of aryl methyl sites for hydroxylation is 1. The molecule has 1 N–H and O–H groups in total. The monoisotopic (exact) mass is 410 g/mol. The number of rotatable bonds is 7. The first-order valence-corrected chi connectivity index (χ1v) is 12.3. The normalized spacial score (nSPS) is 19.1. The number of imidazole rings is 1. The summed E-state index contributed by atoms with van der Waals surface area (Å²) in [6.07, 6.45) is 13.3. The van der Waals surface area contributed by atoms with Crippen molar-refractivity contribution in [1.29, 1.82) is 0 Å². The average molecular weight is 411 g/mol. The van der Waals surface area contributed by atoms with Crippen molar-refractivity contribution in [2.24, 2.45) is 5.92 Å². The maximum atomic E-state index is 12.7. The summed E-state index contributed by atoms with van der Waals surface area (Å²) >= 11 is 0. The van der Waals surface area contributed by atoms with Crippen LogP contribution in [0.1, 0.15) is 83.4 Å². The summed E-state index contributed by atoms with van der Waals surface area (Å²) in [6, 6.07) is 6.29. The van der Waals surface area contributed by atoms with Crippen LogP contribution < -0.4 is 5.32 Å². The number of fused-ring (bicyclic) bond motifs is 1. The minimum Gasteiger partial charge on any atom is -0.327 e. The average Bonchev–Trinajstić information content (AvgIpc) is 2.91. The molecule has 0 radical (unpaired) electrons. The molecule has 1 amide bonds. The van der Waals surface area contributed by atoms with E-state index >= 15 is 0 Å². The molecular weight excluding hydrogens is 372 g/mol. The van der Waals surface area contributed by atoms with Gasteiger partial charge in [-0.05, 0) is 63.4 Å². The lowest BCUT2D eigenvalue weighted by molar-refractivity contribution is -0.120. The van der Waals surface area contributed by atoms with E-state index in [1.807, 2.05) is 0 Å². The maximum absolute atomic E-state index is 12.7. The van der Waals surface area contributed by atoms with Gasteiger partial charge in [0.25, 0.3) is 0 Å². The van der Waals surface area contributed by atoms with Gasteiger partial charge in [-0.15, -0.1) is 0 Å². The van der Waals surface area contributed by atoms with E-state index in [0.717, 1.165) is 37.1 Å². The van der Waals surface area contributed by atoms with Gasteiger partial charge in [-0.2, -0.15) is 0 Å². The zero-order valence-electron chi connectivity index (χ0n) is 18.7. The second-order valence-corrected chi connectivity index (χ2v) is 9.25. The number of carbonyl (C=O) groups excluding carboxylic acids is 1. The highest BCUT2D eigenvalue weighted by atomic mass is 16.1. The number of anilines is 1. The molecule has 0 unspecified atom stereocenters. The molecule has 0 bridgehead atoms. The van der Waals surface area contributed by atoms with Gasteiger partial charge >= 0.3 is 0 Å². The molecule has 164 valence electrons. The van der Waals surface area contributed by atoms with Crippen molar-refractivity contribution in [2.75, 3.05) is 18.4 Å². The Morgan fingerprint density at radius 3 is 2.53 bits per heavy atom. The van der Waals surface area contributed by atoms with Crippen LogP contribution in [0.2, 0.25) is 0 Å². The Morgan fingerprint density at radius 2 is 1.80 bits per heavy atom. The number of nitrogens with zero attached hydrogens (tertiary/aromatic N) is 3. The number of carbonyl (C=O) groups is 1. The fraction of sp³-hybridized carbons (Fsp3) is 0.680. The van der Waals surface area contributed by atoms with E-state index in [2.05, 4.69) is 39.9 Å². The molecule has 0 spiro atoms. The van der Waals surface area contributed by atoms with E-state index < -0.39 is 0 Å². The molecule has 4 rings (SSSR count).